The molecule has 0 fully saturated rings. The van der Waals surface area contributed by atoms with Crippen LogP contribution in [-0.4, -0.2) is 9.78 Å². The maximum Gasteiger partial charge on any atom is 0.124 e. The minimum Gasteiger partial charge on any atom is -0.384 e. The summed E-state index contributed by atoms with van der Waals surface area (Å²) in [5.41, 5.74) is 8.21. The first kappa shape index (κ1) is 11.3. The van der Waals surface area contributed by atoms with Gasteiger partial charge < -0.3 is 5.73 Å². The van der Waals surface area contributed by atoms with Crippen molar-refractivity contribution in [1.82, 2.24) is 9.78 Å². The van der Waals surface area contributed by atoms with Gasteiger partial charge in [-0.1, -0.05) is 29.3 Å². The number of aromatic nitrogens is 2. The van der Waals surface area contributed by atoms with E-state index in [1.165, 1.54) is 0 Å². The molecule has 2 rings (SSSR count). The van der Waals surface area contributed by atoms with Crippen LogP contribution in [0.5, 0.6) is 0 Å². The van der Waals surface area contributed by atoms with Crippen molar-refractivity contribution >= 4 is 29.0 Å². The molecule has 0 aliphatic rings. The van der Waals surface area contributed by atoms with Crippen LogP contribution in [0.3, 0.4) is 0 Å². The minimum absolute atomic E-state index is 0.578. The molecule has 0 atom stereocenters. The van der Waals surface area contributed by atoms with Crippen LogP contribution in [-0.2, 0) is 7.05 Å². The molecule has 0 bridgehead atoms. The number of hydrogen-bond donors (Lipinski definition) is 1. The van der Waals surface area contributed by atoms with Crippen LogP contribution < -0.4 is 5.73 Å². The summed E-state index contributed by atoms with van der Waals surface area (Å²) in [5, 5.41) is 5.48. The molecule has 1 heterocycles. The summed E-state index contributed by atoms with van der Waals surface area (Å²) in [5.74, 6) is 0.617. The van der Waals surface area contributed by atoms with Gasteiger partial charge in [-0.2, -0.15) is 5.10 Å². The third-order valence-electron chi connectivity index (χ3n) is 2.54. The van der Waals surface area contributed by atoms with E-state index in [4.69, 9.17) is 28.9 Å². The Kier molecular flexibility index (Phi) is 2.82. The fraction of sp³-hybridized carbons (Fsp3) is 0.182. The number of hydrogen-bond acceptors (Lipinski definition) is 2. The fourth-order valence-electron chi connectivity index (χ4n) is 1.60. The second kappa shape index (κ2) is 4.00. The van der Waals surface area contributed by atoms with Crippen LogP contribution in [0.4, 0.5) is 5.82 Å². The minimum atomic E-state index is 0.578. The van der Waals surface area contributed by atoms with Crippen LogP contribution in [0.2, 0.25) is 10.0 Å². The lowest BCUT2D eigenvalue weighted by atomic mass is 10.1. The lowest BCUT2D eigenvalue weighted by Crippen LogP contribution is -1.97. The number of anilines is 1. The molecule has 5 heteroatoms. The smallest absolute Gasteiger partial charge is 0.124 e. The van der Waals surface area contributed by atoms with Gasteiger partial charge >= 0.3 is 0 Å². The molecular formula is C11H11Cl2N3. The Bertz CT molecular complexity index is 526. The second-order valence-electron chi connectivity index (χ2n) is 3.58. The summed E-state index contributed by atoms with van der Waals surface area (Å²) < 4.78 is 1.62. The average molecular weight is 256 g/mol. The van der Waals surface area contributed by atoms with E-state index >= 15 is 0 Å². The van der Waals surface area contributed by atoms with E-state index < -0.39 is 0 Å². The zero-order chi connectivity index (χ0) is 11.9. The second-order valence-corrected chi connectivity index (χ2v) is 4.39. The maximum absolute atomic E-state index is 6.12. The summed E-state index contributed by atoms with van der Waals surface area (Å²) >= 11 is 12.2. The van der Waals surface area contributed by atoms with Crippen molar-refractivity contribution in [3.05, 3.63) is 33.8 Å². The highest BCUT2D eigenvalue weighted by molar-refractivity contribution is 6.39. The molecule has 0 aliphatic heterocycles. The van der Waals surface area contributed by atoms with E-state index in [0.717, 1.165) is 16.8 Å². The number of nitrogens with zero attached hydrogens (tertiary/aromatic N) is 2. The number of rotatable bonds is 1. The molecule has 16 heavy (non-hydrogen) atoms. The van der Waals surface area contributed by atoms with Gasteiger partial charge in [-0.05, 0) is 19.1 Å². The van der Waals surface area contributed by atoms with Crippen molar-refractivity contribution in [2.75, 3.05) is 5.73 Å². The quantitative estimate of drug-likeness (QED) is 0.850. The molecule has 0 radical (unpaired) electrons. The van der Waals surface area contributed by atoms with Gasteiger partial charge in [0.05, 0.1) is 10.0 Å². The van der Waals surface area contributed by atoms with E-state index in [0.29, 0.717) is 15.9 Å². The Morgan fingerprint density at radius 2 is 1.81 bits per heavy atom. The predicted molar refractivity (Wildman–Crippen MR) is 67.8 cm³/mol. The average Bonchev–Trinajstić information content (AvgIpc) is 2.47. The van der Waals surface area contributed by atoms with Gasteiger partial charge in [-0.3, -0.25) is 4.68 Å². The third kappa shape index (κ3) is 1.66. The number of nitrogen functional groups attached to an aromatic ring is 1. The number of aryl methyl sites for hydroxylation is 1. The highest BCUT2D eigenvalue weighted by Crippen LogP contribution is 2.36. The summed E-state index contributed by atoms with van der Waals surface area (Å²) in [6, 6.07) is 5.37. The zero-order valence-electron chi connectivity index (χ0n) is 8.96. The molecular weight excluding hydrogens is 245 g/mol. The third-order valence-corrected chi connectivity index (χ3v) is 3.17. The first-order valence-electron chi connectivity index (χ1n) is 4.76. The van der Waals surface area contributed by atoms with Crippen molar-refractivity contribution in [2.24, 2.45) is 7.05 Å². The normalized spacial score (nSPS) is 10.8. The van der Waals surface area contributed by atoms with Crippen molar-refractivity contribution in [1.29, 1.82) is 0 Å². The van der Waals surface area contributed by atoms with Crippen molar-refractivity contribution in [3.63, 3.8) is 0 Å². The molecule has 0 unspecified atom stereocenters. The van der Waals surface area contributed by atoms with E-state index in [-0.39, 0.29) is 0 Å². The van der Waals surface area contributed by atoms with Crippen LogP contribution >= 0.6 is 23.2 Å². The summed E-state index contributed by atoms with van der Waals surface area (Å²) in [7, 11) is 1.79. The van der Waals surface area contributed by atoms with Gasteiger partial charge in [0.15, 0.2) is 0 Å². The molecule has 0 saturated carbocycles. The fourth-order valence-corrected chi connectivity index (χ4v) is 2.18. The summed E-state index contributed by atoms with van der Waals surface area (Å²) in [6.45, 7) is 1.90. The Morgan fingerprint density at radius 1 is 1.25 bits per heavy atom. The van der Waals surface area contributed by atoms with E-state index in [2.05, 4.69) is 5.10 Å². The summed E-state index contributed by atoms with van der Waals surface area (Å²) in [4.78, 5) is 0. The lowest BCUT2D eigenvalue weighted by molar-refractivity contribution is 0.782. The van der Waals surface area contributed by atoms with Crippen LogP contribution in [0, 0.1) is 6.92 Å². The Morgan fingerprint density at radius 3 is 2.25 bits per heavy atom. The van der Waals surface area contributed by atoms with Crippen LogP contribution in [0.15, 0.2) is 18.2 Å². The van der Waals surface area contributed by atoms with E-state index in [1.807, 2.05) is 6.92 Å². The molecule has 3 nitrogen and oxygen atoms in total. The van der Waals surface area contributed by atoms with Gasteiger partial charge in [0.2, 0.25) is 0 Å². The van der Waals surface area contributed by atoms with Gasteiger partial charge in [0.25, 0.3) is 0 Å². The lowest BCUT2D eigenvalue weighted by Gasteiger charge is -2.04. The van der Waals surface area contributed by atoms with Crippen molar-refractivity contribution < 1.29 is 0 Å². The standard InChI is InChI=1S/C11H11Cl2N3/c1-6-10(15-16(2)11(6)14)9-7(12)4-3-5-8(9)13/h3-5H,14H2,1-2H3. The number of nitrogens with two attached hydrogens (primary N) is 1. The zero-order valence-corrected chi connectivity index (χ0v) is 10.5. The van der Waals surface area contributed by atoms with E-state index in [1.54, 1.807) is 29.9 Å². The van der Waals surface area contributed by atoms with Crippen LogP contribution in [0.25, 0.3) is 11.3 Å². The Balaban J connectivity index is 2.72. The summed E-state index contributed by atoms with van der Waals surface area (Å²) in [6.07, 6.45) is 0. The largest absolute Gasteiger partial charge is 0.384 e. The number of benzene rings is 1. The first-order chi connectivity index (χ1) is 7.52. The van der Waals surface area contributed by atoms with Gasteiger partial charge in [0.1, 0.15) is 11.5 Å². The molecule has 2 aromatic rings. The van der Waals surface area contributed by atoms with Crippen molar-refractivity contribution in [3.8, 4) is 11.3 Å². The first-order valence-corrected chi connectivity index (χ1v) is 5.51. The predicted octanol–water partition coefficient (Wildman–Crippen LogP) is 3.28. The molecule has 0 amide bonds. The molecule has 2 N–H and O–H groups in total. The maximum atomic E-state index is 6.12. The van der Waals surface area contributed by atoms with Gasteiger partial charge in [-0.15, -0.1) is 0 Å². The van der Waals surface area contributed by atoms with Crippen molar-refractivity contribution in [2.45, 2.75) is 6.92 Å². The Hall–Kier alpha value is -1.19. The topological polar surface area (TPSA) is 43.8 Å². The molecule has 0 saturated heterocycles. The molecule has 0 aliphatic carbocycles. The highest BCUT2D eigenvalue weighted by atomic mass is 35.5. The van der Waals surface area contributed by atoms with E-state index in [9.17, 15) is 0 Å². The van der Waals surface area contributed by atoms with Gasteiger partial charge in [0, 0.05) is 18.2 Å². The molecule has 0 spiro atoms. The Labute approximate surface area is 104 Å². The highest BCUT2D eigenvalue weighted by Gasteiger charge is 2.16. The number of halogens is 2. The SMILES string of the molecule is Cc1c(-c2c(Cl)cccc2Cl)nn(C)c1N. The molecule has 84 valence electrons. The van der Waals surface area contributed by atoms with Crippen LogP contribution in [0.1, 0.15) is 5.56 Å². The molecule has 1 aromatic carbocycles. The monoisotopic (exact) mass is 255 g/mol. The van der Waals surface area contributed by atoms with Gasteiger partial charge in [-0.25, -0.2) is 0 Å². The molecule has 1 aromatic heterocycles.